The van der Waals surface area contributed by atoms with Gasteiger partial charge in [0.2, 0.25) is 0 Å². The summed E-state index contributed by atoms with van der Waals surface area (Å²) in [6, 6.07) is 15.0. The van der Waals surface area contributed by atoms with Crippen molar-refractivity contribution in [1.29, 1.82) is 0 Å². The maximum absolute atomic E-state index is 10.7. The van der Waals surface area contributed by atoms with Crippen molar-refractivity contribution in [1.82, 2.24) is 0 Å². The van der Waals surface area contributed by atoms with E-state index >= 15 is 0 Å². The van der Waals surface area contributed by atoms with Crippen LogP contribution in [0.3, 0.4) is 0 Å². The normalized spacial score (nSPS) is 13.9. The Morgan fingerprint density at radius 3 is 2.42 bits per heavy atom. The van der Waals surface area contributed by atoms with Crippen LogP contribution in [0.4, 0.5) is 0 Å². The van der Waals surface area contributed by atoms with Crippen LogP contribution in [-0.2, 0) is 12.0 Å². The van der Waals surface area contributed by atoms with E-state index in [9.17, 15) is 5.11 Å². The molecular weight excluding hydrogens is 260 g/mol. The molecular formula is C16H17ClO2. The number of benzene rings is 2. The highest BCUT2D eigenvalue weighted by Crippen LogP contribution is 2.33. The first-order chi connectivity index (χ1) is 9.04. The maximum Gasteiger partial charge on any atom is 0.124 e. The van der Waals surface area contributed by atoms with Crippen LogP contribution in [0, 0.1) is 0 Å². The van der Waals surface area contributed by atoms with E-state index < -0.39 is 5.60 Å². The first kappa shape index (κ1) is 13.9. The third kappa shape index (κ3) is 3.09. The molecule has 0 radical (unpaired) electrons. The molecule has 0 aliphatic heterocycles. The Morgan fingerprint density at radius 1 is 1.11 bits per heavy atom. The molecule has 0 aromatic heterocycles. The van der Waals surface area contributed by atoms with E-state index in [0.29, 0.717) is 17.2 Å². The summed E-state index contributed by atoms with van der Waals surface area (Å²) in [5.74, 6) is 0.680. The Hall–Kier alpha value is -1.51. The summed E-state index contributed by atoms with van der Waals surface area (Å²) in [4.78, 5) is 0. The van der Waals surface area contributed by atoms with E-state index in [1.165, 1.54) is 0 Å². The van der Waals surface area contributed by atoms with Gasteiger partial charge in [-0.2, -0.15) is 0 Å². The van der Waals surface area contributed by atoms with Crippen LogP contribution in [-0.4, -0.2) is 12.2 Å². The standard InChI is InChI=1S/C16H17ClO2/c1-16(18,11-12-7-3-5-9-14(12)17)13-8-4-6-10-15(13)19-2/h3-10,18H,11H2,1-2H3. The van der Waals surface area contributed by atoms with E-state index in [0.717, 1.165) is 11.1 Å². The molecule has 2 nitrogen and oxygen atoms in total. The fourth-order valence-corrected chi connectivity index (χ4v) is 2.40. The summed E-state index contributed by atoms with van der Waals surface area (Å²) in [7, 11) is 1.60. The molecule has 2 aromatic carbocycles. The van der Waals surface area contributed by atoms with Crippen molar-refractivity contribution in [3.8, 4) is 5.75 Å². The summed E-state index contributed by atoms with van der Waals surface area (Å²) in [6.07, 6.45) is 0.438. The zero-order chi connectivity index (χ0) is 13.9. The number of hydrogen-bond acceptors (Lipinski definition) is 2. The van der Waals surface area contributed by atoms with Gasteiger partial charge in [-0.15, -0.1) is 0 Å². The van der Waals surface area contributed by atoms with Crippen molar-refractivity contribution in [2.45, 2.75) is 18.9 Å². The number of para-hydroxylation sites is 1. The van der Waals surface area contributed by atoms with Gasteiger partial charge in [-0.25, -0.2) is 0 Å². The molecule has 0 aliphatic rings. The maximum atomic E-state index is 10.7. The second-order valence-corrected chi connectivity index (χ2v) is 5.15. The minimum absolute atomic E-state index is 0.438. The molecule has 0 fully saturated rings. The molecule has 1 atom stereocenters. The van der Waals surface area contributed by atoms with Gasteiger partial charge in [0.25, 0.3) is 0 Å². The number of halogens is 1. The van der Waals surface area contributed by atoms with Gasteiger partial charge in [0.1, 0.15) is 5.75 Å². The SMILES string of the molecule is COc1ccccc1C(C)(O)Cc1ccccc1Cl. The van der Waals surface area contributed by atoms with Crippen LogP contribution < -0.4 is 4.74 Å². The Balaban J connectivity index is 2.35. The second-order valence-electron chi connectivity index (χ2n) is 4.74. The zero-order valence-electron chi connectivity index (χ0n) is 11.1. The molecule has 0 amide bonds. The zero-order valence-corrected chi connectivity index (χ0v) is 11.8. The van der Waals surface area contributed by atoms with Crippen molar-refractivity contribution >= 4 is 11.6 Å². The van der Waals surface area contributed by atoms with Crippen molar-refractivity contribution in [2.75, 3.05) is 7.11 Å². The topological polar surface area (TPSA) is 29.5 Å². The summed E-state index contributed by atoms with van der Waals surface area (Å²) >= 11 is 6.15. The fourth-order valence-electron chi connectivity index (χ4n) is 2.20. The largest absolute Gasteiger partial charge is 0.496 e. The number of rotatable bonds is 4. The molecule has 19 heavy (non-hydrogen) atoms. The molecule has 1 N–H and O–H groups in total. The van der Waals surface area contributed by atoms with Crippen molar-refractivity contribution in [2.24, 2.45) is 0 Å². The lowest BCUT2D eigenvalue weighted by molar-refractivity contribution is 0.0550. The van der Waals surface area contributed by atoms with Gasteiger partial charge < -0.3 is 9.84 Å². The van der Waals surface area contributed by atoms with Crippen LogP contribution >= 0.6 is 11.6 Å². The summed E-state index contributed by atoms with van der Waals surface area (Å²) < 4.78 is 5.31. The summed E-state index contributed by atoms with van der Waals surface area (Å²) in [5, 5.41) is 11.4. The van der Waals surface area contributed by atoms with Gasteiger partial charge >= 0.3 is 0 Å². The van der Waals surface area contributed by atoms with Gasteiger partial charge in [0, 0.05) is 17.0 Å². The minimum atomic E-state index is -1.03. The van der Waals surface area contributed by atoms with Crippen LogP contribution in [0.15, 0.2) is 48.5 Å². The van der Waals surface area contributed by atoms with E-state index in [4.69, 9.17) is 16.3 Å². The predicted octanol–water partition coefficient (Wildman–Crippen LogP) is 3.80. The Morgan fingerprint density at radius 2 is 1.74 bits per heavy atom. The number of hydrogen-bond donors (Lipinski definition) is 1. The molecule has 0 saturated carbocycles. The molecule has 3 heteroatoms. The smallest absolute Gasteiger partial charge is 0.124 e. The lowest BCUT2D eigenvalue weighted by Crippen LogP contribution is -2.25. The molecule has 2 aromatic rings. The van der Waals surface area contributed by atoms with E-state index in [2.05, 4.69) is 0 Å². The molecule has 0 aliphatic carbocycles. The molecule has 0 saturated heterocycles. The Labute approximate surface area is 118 Å². The third-order valence-electron chi connectivity index (χ3n) is 3.18. The van der Waals surface area contributed by atoms with Gasteiger partial charge in [-0.3, -0.25) is 0 Å². The van der Waals surface area contributed by atoms with Gasteiger partial charge in [0.15, 0.2) is 0 Å². The highest BCUT2D eigenvalue weighted by molar-refractivity contribution is 6.31. The Bertz CT molecular complexity index is 564. The number of methoxy groups -OCH3 is 1. The van der Waals surface area contributed by atoms with Crippen LogP contribution in [0.5, 0.6) is 5.75 Å². The fraction of sp³-hybridized carbons (Fsp3) is 0.250. The van der Waals surface area contributed by atoms with Gasteiger partial charge in [0.05, 0.1) is 12.7 Å². The summed E-state index contributed by atoms with van der Waals surface area (Å²) in [5.41, 5.74) is 0.648. The minimum Gasteiger partial charge on any atom is -0.496 e. The predicted molar refractivity (Wildman–Crippen MR) is 77.7 cm³/mol. The lowest BCUT2D eigenvalue weighted by atomic mass is 9.88. The highest BCUT2D eigenvalue weighted by atomic mass is 35.5. The molecule has 1 unspecified atom stereocenters. The van der Waals surface area contributed by atoms with Crippen molar-refractivity contribution in [3.63, 3.8) is 0 Å². The monoisotopic (exact) mass is 276 g/mol. The lowest BCUT2D eigenvalue weighted by Gasteiger charge is -2.26. The van der Waals surface area contributed by atoms with Gasteiger partial charge in [-0.05, 0) is 24.6 Å². The van der Waals surface area contributed by atoms with Gasteiger partial charge in [-0.1, -0.05) is 48.0 Å². The first-order valence-corrected chi connectivity index (χ1v) is 6.51. The molecule has 2 rings (SSSR count). The second kappa shape index (κ2) is 5.64. The molecule has 0 spiro atoms. The van der Waals surface area contributed by atoms with Crippen molar-refractivity contribution in [3.05, 3.63) is 64.7 Å². The number of ether oxygens (including phenoxy) is 1. The van der Waals surface area contributed by atoms with Crippen LogP contribution in [0.25, 0.3) is 0 Å². The van der Waals surface area contributed by atoms with Crippen LogP contribution in [0.2, 0.25) is 5.02 Å². The van der Waals surface area contributed by atoms with E-state index in [-0.39, 0.29) is 0 Å². The highest BCUT2D eigenvalue weighted by Gasteiger charge is 2.27. The first-order valence-electron chi connectivity index (χ1n) is 6.14. The van der Waals surface area contributed by atoms with Crippen molar-refractivity contribution < 1.29 is 9.84 Å². The molecule has 0 bridgehead atoms. The molecule has 100 valence electrons. The average Bonchev–Trinajstić information content (AvgIpc) is 2.41. The van der Waals surface area contributed by atoms with E-state index in [1.54, 1.807) is 14.0 Å². The average molecular weight is 277 g/mol. The van der Waals surface area contributed by atoms with E-state index in [1.807, 2.05) is 48.5 Å². The molecule has 0 heterocycles. The quantitative estimate of drug-likeness (QED) is 0.920. The summed E-state index contributed by atoms with van der Waals surface area (Å²) in [6.45, 7) is 1.77. The number of aliphatic hydroxyl groups is 1. The Kier molecular flexibility index (Phi) is 4.13. The third-order valence-corrected chi connectivity index (χ3v) is 3.55. The van der Waals surface area contributed by atoms with Crippen LogP contribution in [0.1, 0.15) is 18.1 Å².